The molecule has 10 aromatic rings. The average molecular weight is 670 g/mol. The highest BCUT2D eigenvalue weighted by Gasteiger charge is 2.22. The van der Waals surface area contributed by atoms with Gasteiger partial charge in [-0.3, -0.25) is 0 Å². The van der Waals surface area contributed by atoms with Gasteiger partial charge in [-0.05, 0) is 70.3 Å². The first-order chi connectivity index (χ1) is 25.3. The molecule has 2 nitrogen and oxygen atoms in total. The van der Waals surface area contributed by atoms with E-state index in [1.165, 1.54) is 31.3 Å². The minimum absolute atomic E-state index is 0.897. The highest BCUT2D eigenvalue weighted by molar-refractivity contribution is 7.26. The number of nitrogens with zero attached hydrogens (tertiary/aromatic N) is 1. The van der Waals surface area contributed by atoms with Crippen molar-refractivity contribution in [1.82, 2.24) is 0 Å². The number of thiophene rings is 1. The maximum atomic E-state index is 6.63. The van der Waals surface area contributed by atoms with Crippen molar-refractivity contribution < 1.29 is 4.42 Å². The molecule has 0 bridgehead atoms. The summed E-state index contributed by atoms with van der Waals surface area (Å²) >= 11 is 1.85. The van der Waals surface area contributed by atoms with Gasteiger partial charge in [0.05, 0.1) is 10.4 Å². The number of hydrogen-bond acceptors (Lipinski definition) is 3. The van der Waals surface area contributed by atoms with E-state index >= 15 is 0 Å². The van der Waals surface area contributed by atoms with Crippen molar-refractivity contribution in [1.29, 1.82) is 0 Å². The Morgan fingerprint density at radius 2 is 1.02 bits per heavy atom. The molecule has 0 aliphatic rings. The van der Waals surface area contributed by atoms with E-state index in [1.54, 1.807) is 0 Å². The van der Waals surface area contributed by atoms with Crippen LogP contribution in [0.4, 0.5) is 17.1 Å². The Labute approximate surface area is 300 Å². The molecule has 240 valence electrons. The van der Waals surface area contributed by atoms with Crippen LogP contribution in [0.15, 0.2) is 192 Å². The van der Waals surface area contributed by atoms with Crippen molar-refractivity contribution in [3.8, 4) is 33.4 Å². The van der Waals surface area contributed by atoms with E-state index in [0.717, 1.165) is 61.3 Å². The molecule has 0 aliphatic heterocycles. The third kappa shape index (κ3) is 5.01. The van der Waals surface area contributed by atoms with Gasteiger partial charge in [-0.2, -0.15) is 0 Å². The predicted octanol–water partition coefficient (Wildman–Crippen LogP) is 14.4. The molecule has 0 saturated carbocycles. The van der Waals surface area contributed by atoms with Gasteiger partial charge in [-0.15, -0.1) is 11.3 Å². The van der Waals surface area contributed by atoms with E-state index in [0.29, 0.717) is 0 Å². The van der Waals surface area contributed by atoms with E-state index in [1.807, 2.05) is 17.4 Å². The molecule has 3 heteroatoms. The molecule has 0 atom stereocenters. The molecule has 0 fully saturated rings. The van der Waals surface area contributed by atoms with Crippen molar-refractivity contribution in [3.63, 3.8) is 0 Å². The molecule has 0 amide bonds. The lowest BCUT2D eigenvalue weighted by molar-refractivity contribution is 0.670. The zero-order valence-electron chi connectivity index (χ0n) is 27.7. The van der Waals surface area contributed by atoms with Crippen LogP contribution in [0.2, 0.25) is 0 Å². The molecule has 8 aromatic carbocycles. The van der Waals surface area contributed by atoms with Gasteiger partial charge in [0.25, 0.3) is 0 Å². The molecule has 0 N–H and O–H groups in total. The van der Waals surface area contributed by atoms with Gasteiger partial charge in [-0.1, -0.05) is 146 Å². The summed E-state index contributed by atoms with van der Waals surface area (Å²) in [6, 6.07) is 67.4. The first-order valence-electron chi connectivity index (χ1n) is 17.3. The van der Waals surface area contributed by atoms with Gasteiger partial charge >= 0.3 is 0 Å². The van der Waals surface area contributed by atoms with Gasteiger partial charge < -0.3 is 9.32 Å². The molecular formula is C48H31NOS. The molecule has 10 rings (SSSR count). The van der Waals surface area contributed by atoms with Gasteiger partial charge in [0, 0.05) is 43.2 Å². The summed E-state index contributed by atoms with van der Waals surface area (Å²) in [5.41, 5.74) is 12.0. The van der Waals surface area contributed by atoms with Crippen LogP contribution in [0.25, 0.3) is 75.5 Å². The summed E-state index contributed by atoms with van der Waals surface area (Å²) in [6.07, 6.45) is 0. The van der Waals surface area contributed by atoms with E-state index in [-0.39, 0.29) is 0 Å². The van der Waals surface area contributed by atoms with Crippen LogP contribution in [-0.2, 0) is 0 Å². The first-order valence-corrected chi connectivity index (χ1v) is 18.1. The molecule has 51 heavy (non-hydrogen) atoms. The van der Waals surface area contributed by atoms with Crippen LogP contribution in [0.3, 0.4) is 0 Å². The Hall–Kier alpha value is -6.42. The van der Waals surface area contributed by atoms with Crippen LogP contribution in [0.1, 0.15) is 0 Å². The standard InChI is InChI=1S/C48H31NOS/c1-3-13-32(14-4-1)33-25-27-35(28-26-33)49(44-22-12-21-42-39-18-8-10-24-46(39)51-48(42)44)36-29-30-37(34-15-5-2-6-16-34)43(31-36)41-20-11-19-40-38-17-7-9-23-45(38)50-47(40)41/h1-31H. The van der Waals surface area contributed by atoms with Crippen molar-refractivity contribution in [2.45, 2.75) is 0 Å². The monoisotopic (exact) mass is 669 g/mol. The number of fused-ring (bicyclic) bond motifs is 6. The minimum Gasteiger partial charge on any atom is -0.455 e. The summed E-state index contributed by atoms with van der Waals surface area (Å²) in [4.78, 5) is 2.42. The molecular weight excluding hydrogens is 639 g/mol. The fraction of sp³-hybridized carbons (Fsp3) is 0. The topological polar surface area (TPSA) is 16.4 Å². The van der Waals surface area contributed by atoms with Crippen LogP contribution < -0.4 is 4.90 Å². The Morgan fingerprint density at radius 1 is 0.392 bits per heavy atom. The molecule has 0 aliphatic carbocycles. The fourth-order valence-electron chi connectivity index (χ4n) is 7.49. The number of anilines is 3. The molecule has 0 saturated heterocycles. The number of rotatable bonds is 6. The van der Waals surface area contributed by atoms with E-state index in [4.69, 9.17) is 4.42 Å². The number of para-hydroxylation sites is 2. The average Bonchev–Trinajstić information content (AvgIpc) is 3.78. The Kier molecular flexibility index (Phi) is 7.04. The normalized spacial score (nSPS) is 11.5. The van der Waals surface area contributed by atoms with Crippen LogP contribution >= 0.6 is 11.3 Å². The molecule has 0 spiro atoms. The smallest absolute Gasteiger partial charge is 0.143 e. The lowest BCUT2D eigenvalue weighted by Gasteiger charge is -2.27. The fourth-order valence-corrected chi connectivity index (χ4v) is 8.70. The van der Waals surface area contributed by atoms with Crippen molar-refractivity contribution >= 4 is 70.5 Å². The van der Waals surface area contributed by atoms with E-state index in [2.05, 4.69) is 187 Å². The van der Waals surface area contributed by atoms with Gasteiger partial charge in [0.1, 0.15) is 11.2 Å². The second kappa shape index (κ2) is 12.2. The minimum atomic E-state index is 0.897. The zero-order valence-corrected chi connectivity index (χ0v) is 28.5. The Morgan fingerprint density at radius 3 is 1.84 bits per heavy atom. The summed E-state index contributed by atoms with van der Waals surface area (Å²) in [7, 11) is 0. The lowest BCUT2D eigenvalue weighted by Crippen LogP contribution is -2.10. The Balaban J connectivity index is 1.23. The van der Waals surface area contributed by atoms with Crippen molar-refractivity contribution in [3.05, 3.63) is 188 Å². The number of hydrogen-bond donors (Lipinski definition) is 0. The maximum Gasteiger partial charge on any atom is 0.143 e. The van der Waals surface area contributed by atoms with Gasteiger partial charge in [0.15, 0.2) is 0 Å². The second-order valence-corrected chi connectivity index (χ2v) is 13.9. The van der Waals surface area contributed by atoms with E-state index < -0.39 is 0 Å². The highest BCUT2D eigenvalue weighted by Crippen LogP contribution is 2.47. The van der Waals surface area contributed by atoms with Crippen molar-refractivity contribution in [2.24, 2.45) is 0 Å². The first kappa shape index (κ1) is 29.5. The summed E-state index contributed by atoms with van der Waals surface area (Å²) in [5, 5.41) is 4.81. The SMILES string of the molecule is c1ccc(-c2ccc(N(c3ccc(-c4ccccc4)c(-c4cccc5c4oc4ccccc45)c3)c3cccc4c3sc3ccccc34)cc2)cc1. The summed E-state index contributed by atoms with van der Waals surface area (Å²) in [5.74, 6) is 0. The zero-order chi connectivity index (χ0) is 33.7. The quantitative estimate of drug-likeness (QED) is 0.175. The number of benzene rings is 8. The predicted molar refractivity (Wildman–Crippen MR) is 218 cm³/mol. The summed E-state index contributed by atoms with van der Waals surface area (Å²) in [6.45, 7) is 0. The largest absolute Gasteiger partial charge is 0.455 e. The molecule has 0 unspecified atom stereocenters. The lowest BCUT2D eigenvalue weighted by atomic mass is 9.92. The molecule has 0 radical (unpaired) electrons. The van der Waals surface area contributed by atoms with Gasteiger partial charge in [-0.25, -0.2) is 0 Å². The third-order valence-corrected chi connectivity index (χ3v) is 11.1. The second-order valence-electron chi connectivity index (χ2n) is 12.9. The molecule has 2 aromatic heterocycles. The molecule has 2 heterocycles. The highest BCUT2D eigenvalue weighted by atomic mass is 32.1. The summed E-state index contributed by atoms with van der Waals surface area (Å²) < 4.78 is 9.18. The maximum absolute atomic E-state index is 6.63. The van der Waals surface area contributed by atoms with E-state index in [9.17, 15) is 0 Å². The third-order valence-electron chi connectivity index (χ3n) is 9.90. The van der Waals surface area contributed by atoms with Gasteiger partial charge in [0.2, 0.25) is 0 Å². The number of furan rings is 1. The van der Waals surface area contributed by atoms with Crippen LogP contribution in [0.5, 0.6) is 0 Å². The van der Waals surface area contributed by atoms with Crippen molar-refractivity contribution in [2.75, 3.05) is 4.90 Å². The van der Waals surface area contributed by atoms with Crippen LogP contribution in [-0.4, -0.2) is 0 Å². The van der Waals surface area contributed by atoms with Crippen LogP contribution in [0, 0.1) is 0 Å². The Bertz CT molecular complexity index is 2850.